The summed E-state index contributed by atoms with van der Waals surface area (Å²) >= 11 is 0. The molecule has 4 nitrogen and oxygen atoms in total. The number of carbonyl (C=O) groups is 1. The molecule has 2 aromatic rings. The van der Waals surface area contributed by atoms with Gasteiger partial charge in [0.05, 0.1) is 17.6 Å². The zero-order valence-corrected chi connectivity index (χ0v) is 12.0. The van der Waals surface area contributed by atoms with Crippen molar-refractivity contribution in [3.05, 3.63) is 29.8 Å². The molecular formula is C15H19FN2O2. The molecule has 2 rings (SSSR count). The third-order valence-electron chi connectivity index (χ3n) is 3.21. The Hall–Kier alpha value is -1.91. The molecule has 20 heavy (non-hydrogen) atoms. The van der Waals surface area contributed by atoms with E-state index in [4.69, 9.17) is 4.74 Å². The van der Waals surface area contributed by atoms with Crippen molar-refractivity contribution in [3.8, 4) is 0 Å². The minimum absolute atomic E-state index is 0.305. The molecule has 0 aliphatic rings. The molecule has 5 heteroatoms. The summed E-state index contributed by atoms with van der Waals surface area (Å²) < 4.78 is 20.3. The first-order valence-corrected chi connectivity index (χ1v) is 6.90. The fourth-order valence-corrected chi connectivity index (χ4v) is 2.28. The van der Waals surface area contributed by atoms with E-state index < -0.39 is 5.92 Å². The molecule has 1 aromatic heterocycles. The maximum atomic E-state index is 13.3. The van der Waals surface area contributed by atoms with Crippen LogP contribution in [0.15, 0.2) is 18.2 Å². The number of esters is 1. The van der Waals surface area contributed by atoms with Gasteiger partial charge in [-0.2, -0.15) is 0 Å². The minimum atomic E-state index is -0.461. The molecule has 0 saturated heterocycles. The smallest absolute Gasteiger partial charge is 0.316 e. The largest absolute Gasteiger partial charge is 0.465 e. The highest BCUT2D eigenvalue weighted by Gasteiger charge is 2.23. The quantitative estimate of drug-likeness (QED) is 0.789. The van der Waals surface area contributed by atoms with E-state index in [1.54, 1.807) is 19.9 Å². The summed E-state index contributed by atoms with van der Waals surface area (Å²) in [7, 11) is 0. The number of benzene rings is 1. The molecule has 0 bridgehead atoms. The van der Waals surface area contributed by atoms with Gasteiger partial charge in [-0.1, -0.05) is 6.92 Å². The first-order valence-electron chi connectivity index (χ1n) is 6.90. The molecule has 1 unspecified atom stereocenters. The third kappa shape index (κ3) is 2.66. The lowest BCUT2D eigenvalue weighted by molar-refractivity contribution is -0.144. The fraction of sp³-hybridized carbons (Fsp3) is 0.467. The van der Waals surface area contributed by atoms with Gasteiger partial charge in [0.2, 0.25) is 0 Å². The topological polar surface area (TPSA) is 44.1 Å². The Kier molecular flexibility index (Phi) is 4.37. The summed E-state index contributed by atoms with van der Waals surface area (Å²) in [6.07, 6.45) is 0.908. The van der Waals surface area contributed by atoms with Gasteiger partial charge >= 0.3 is 5.97 Å². The second kappa shape index (κ2) is 6.03. The van der Waals surface area contributed by atoms with Crippen molar-refractivity contribution in [3.63, 3.8) is 0 Å². The van der Waals surface area contributed by atoms with E-state index in [1.165, 1.54) is 12.1 Å². The highest BCUT2D eigenvalue weighted by atomic mass is 19.1. The molecule has 0 spiro atoms. The molecule has 1 atom stereocenters. The van der Waals surface area contributed by atoms with Crippen LogP contribution in [0.5, 0.6) is 0 Å². The Labute approximate surface area is 117 Å². The number of carbonyl (C=O) groups excluding carboxylic acids is 1. The Morgan fingerprint density at radius 2 is 2.20 bits per heavy atom. The van der Waals surface area contributed by atoms with E-state index in [-0.39, 0.29) is 11.8 Å². The van der Waals surface area contributed by atoms with Gasteiger partial charge in [0.1, 0.15) is 17.6 Å². The molecule has 0 saturated carbocycles. The van der Waals surface area contributed by atoms with Gasteiger partial charge in [0, 0.05) is 12.6 Å². The zero-order valence-electron chi connectivity index (χ0n) is 12.0. The van der Waals surface area contributed by atoms with E-state index in [9.17, 15) is 9.18 Å². The van der Waals surface area contributed by atoms with Gasteiger partial charge in [-0.15, -0.1) is 0 Å². The number of imidazole rings is 1. The number of ether oxygens (including phenoxy) is 1. The summed E-state index contributed by atoms with van der Waals surface area (Å²) in [5.74, 6) is -0.461. The lowest BCUT2D eigenvalue weighted by atomic mass is 10.1. The van der Waals surface area contributed by atoms with Gasteiger partial charge < -0.3 is 9.30 Å². The van der Waals surface area contributed by atoms with Crippen LogP contribution in [0.1, 0.15) is 38.9 Å². The lowest BCUT2D eigenvalue weighted by Crippen LogP contribution is -2.17. The lowest BCUT2D eigenvalue weighted by Gasteiger charge is -2.13. The first-order chi connectivity index (χ1) is 9.58. The SMILES string of the molecule is CCCn1c(C(C)C(=O)OCC)nc2cc(F)ccc21. The summed E-state index contributed by atoms with van der Waals surface area (Å²) in [5.41, 5.74) is 1.42. The van der Waals surface area contributed by atoms with Gasteiger partial charge in [0.15, 0.2) is 0 Å². The predicted molar refractivity (Wildman–Crippen MR) is 75.0 cm³/mol. The maximum absolute atomic E-state index is 13.3. The van der Waals surface area contributed by atoms with Crippen molar-refractivity contribution >= 4 is 17.0 Å². The molecule has 0 N–H and O–H groups in total. The monoisotopic (exact) mass is 278 g/mol. The minimum Gasteiger partial charge on any atom is -0.465 e. The fourth-order valence-electron chi connectivity index (χ4n) is 2.28. The van der Waals surface area contributed by atoms with Crippen LogP contribution < -0.4 is 0 Å². The molecule has 0 amide bonds. The molecule has 0 radical (unpaired) electrons. The Morgan fingerprint density at radius 1 is 1.45 bits per heavy atom. The van der Waals surface area contributed by atoms with E-state index in [0.29, 0.717) is 17.9 Å². The van der Waals surface area contributed by atoms with Crippen LogP contribution in [-0.2, 0) is 16.1 Å². The number of aromatic nitrogens is 2. The Balaban J connectivity index is 2.50. The normalized spacial score (nSPS) is 12.6. The summed E-state index contributed by atoms with van der Waals surface area (Å²) in [6.45, 7) is 6.66. The Bertz CT molecular complexity index is 622. The zero-order chi connectivity index (χ0) is 14.7. The van der Waals surface area contributed by atoms with Crippen LogP contribution in [0.4, 0.5) is 4.39 Å². The van der Waals surface area contributed by atoms with E-state index in [1.807, 2.05) is 11.5 Å². The number of nitrogens with zero attached hydrogens (tertiary/aromatic N) is 2. The second-order valence-corrected chi connectivity index (χ2v) is 4.73. The van der Waals surface area contributed by atoms with Crippen LogP contribution >= 0.6 is 0 Å². The van der Waals surface area contributed by atoms with Crippen LogP contribution in [0, 0.1) is 5.82 Å². The molecular weight excluding hydrogens is 259 g/mol. The summed E-state index contributed by atoms with van der Waals surface area (Å²) in [6, 6.07) is 4.51. The van der Waals surface area contributed by atoms with Crippen LogP contribution in [0.3, 0.4) is 0 Å². The second-order valence-electron chi connectivity index (χ2n) is 4.73. The van der Waals surface area contributed by atoms with Gasteiger partial charge in [-0.25, -0.2) is 9.37 Å². The van der Waals surface area contributed by atoms with Crippen molar-refractivity contribution in [1.29, 1.82) is 0 Å². The average molecular weight is 278 g/mol. The number of hydrogen-bond donors (Lipinski definition) is 0. The van der Waals surface area contributed by atoms with Gasteiger partial charge in [-0.05, 0) is 32.4 Å². The highest BCUT2D eigenvalue weighted by molar-refractivity contribution is 5.81. The van der Waals surface area contributed by atoms with Crippen molar-refractivity contribution in [2.75, 3.05) is 6.61 Å². The molecule has 1 aromatic carbocycles. The van der Waals surface area contributed by atoms with Crippen molar-refractivity contribution in [1.82, 2.24) is 9.55 Å². The molecule has 0 fully saturated rings. The maximum Gasteiger partial charge on any atom is 0.316 e. The highest BCUT2D eigenvalue weighted by Crippen LogP contribution is 2.24. The van der Waals surface area contributed by atoms with Crippen LogP contribution in [0.2, 0.25) is 0 Å². The number of halogens is 1. The average Bonchev–Trinajstić information content (AvgIpc) is 2.76. The van der Waals surface area contributed by atoms with Crippen molar-refractivity contribution in [2.24, 2.45) is 0 Å². The van der Waals surface area contributed by atoms with Gasteiger partial charge in [-0.3, -0.25) is 4.79 Å². The predicted octanol–water partition coefficient (Wildman–Crippen LogP) is 3.25. The number of aryl methyl sites for hydroxylation is 1. The summed E-state index contributed by atoms with van der Waals surface area (Å²) in [5, 5.41) is 0. The molecule has 0 aliphatic carbocycles. The van der Waals surface area contributed by atoms with E-state index >= 15 is 0 Å². The van der Waals surface area contributed by atoms with Gasteiger partial charge in [0.25, 0.3) is 0 Å². The number of hydrogen-bond acceptors (Lipinski definition) is 3. The summed E-state index contributed by atoms with van der Waals surface area (Å²) in [4.78, 5) is 16.3. The van der Waals surface area contributed by atoms with E-state index in [2.05, 4.69) is 4.98 Å². The molecule has 108 valence electrons. The molecule has 1 heterocycles. The molecule has 0 aliphatic heterocycles. The Morgan fingerprint density at radius 3 is 2.85 bits per heavy atom. The van der Waals surface area contributed by atoms with Crippen LogP contribution in [0.25, 0.3) is 11.0 Å². The third-order valence-corrected chi connectivity index (χ3v) is 3.21. The first kappa shape index (κ1) is 14.5. The van der Waals surface area contributed by atoms with Crippen molar-refractivity contribution < 1.29 is 13.9 Å². The van der Waals surface area contributed by atoms with E-state index in [0.717, 1.165) is 18.5 Å². The van der Waals surface area contributed by atoms with Crippen molar-refractivity contribution in [2.45, 2.75) is 39.7 Å². The van der Waals surface area contributed by atoms with Crippen LogP contribution in [-0.4, -0.2) is 22.1 Å². The number of fused-ring (bicyclic) bond motifs is 1. The number of rotatable bonds is 5. The standard InChI is InChI=1S/C15H19FN2O2/c1-4-8-18-13-7-6-11(16)9-12(13)17-14(18)10(3)15(19)20-5-2/h6-7,9-10H,4-5,8H2,1-3H3.